The standard InChI is InChI=1S/C51H60BrN10O5P/c1-6-33-28-41(56-50-53-30-38(52)47(58-50)55-40-12-11-39-36(9-7-31(2)54-39)46(40)68(4,5)66)44(67-3)29-43(33)61-21-16-34(17-22-61)60-25-23-59(24-26-60)20-15-32-8-10-35-37(27-32)51(18-19-51)62(49(35)65)42-13-14-45(63)57-48(42)64/h7-12,27-30,34,42H,6,13-26H2,1-5H3,(H,57,63,64)(H2,53,55,56,58). The number of hydrogen-bond donors (Lipinski definition) is 3. The Kier molecular flexibility index (Phi) is 12.6. The third kappa shape index (κ3) is 8.89. The van der Waals surface area contributed by atoms with Crippen LogP contribution in [0.1, 0.15) is 78.2 Å². The first kappa shape index (κ1) is 46.3. The molecule has 5 aliphatic rings. The molecule has 0 bridgehead atoms. The molecule has 1 aliphatic carbocycles. The number of nitrogens with zero attached hydrogens (tertiary/aromatic N) is 7. The van der Waals surface area contributed by atoms with Gasteiger partial charge in [0.05, 0.1) is 34.0 Å². The molecule has 15 nitrogen and oxygen atoms in total. The summed E-state index contributed by atoms with van der Waals surface area (Å²) >= 11 is 3.63. The molecule has 17 heteroatoms. The highest BCUT2D eigenvalue weighted by atomic mass is 79.9. The fourth-order valence-corrected chi connectivity index (χ4v) is 12.8. The lowest BCUT2D eigenvalue weighted by atomic mass is 9.97. The molecule has 3 saturated heterocycles. The minimum absolute atomic E-state index is 0.0810. The van der Waals surface area contributed by atoms with Crippen molar-refractivity contribution in [2.45, 2.75) is 82.8 Å². The molecule has 6 heterocycles. The maximum atomic E-state index is 13.7. The van der Waals surface area contributed by atoms with E-state index >= 15 is 0 Å². The van der Waals surface area contributed by atoms with Crippen LogP contribution in [0.25, 0.3) is 10.9 Å². The lowest BCUT2D eigenvalue weighted by Crippen LogP contribution is -2.55. The van der Waals surface area contributed by atoms with Crippen molar-refractivity contribution in [3.8, 4) is 5.75 Å². The number of fused-ring (bicyclic) bond motifs is 3. The number of pyridine rings is 1. The maximum Gasteiger partial charge on any atom is 0.255 e. The molecule has 10 rings (SSSR count). The Balaban J connectivity index is 0.743. The number of methoxy groups -OCH3 is 1. The molecule has 0 radical (unpaired) electrons. The second-order valence-corrected chi connectivity index (χ2v) is 23.4. The molecule has 1 atom stereocenters. The predicted octanol–water partition coefficient (Wildman–Crippen LogP) is 7.48. The summed E-state index contributed by atoms with van der Waals surface area (Å²) in [5.74, 6) is 0.953. The van der Waals surface area contributed by atoms with E-state index in [1.54, 1.807) is 31.5 Å². The third-order valence-corrected chi connectivity index (χ3v) is 16.9. The molecule has 1 spiro atoms. The van der Waals surface area contributed by atoms with Crippen molar-refractivity contribution in [2.24, 2.45) is 0 Å². The zero-order chi connectivity index (χ0) is 47.5. The second kappa shape index (κ2) is 18.5. The number of carbonyl (C=O) groups excluding carboxylic acids is 3. The number of hydrogen-bond acceptors (Lipinski definition) is 13. The Morgan fingerprint density at radius 1 is 0.912 bits per heavy atom. The second-order valence-electron chi connectivity index (χ2n) is 19.4. The molecular weight excluding hydrogens is 944 g/mol. The number of aromatic nitrogens is 3. The molecule has 68 heavy (non-hydrogen) atoms. The molecule has 5 aromatic rings. The zero-order valence-electron chi connectivity index (χ0n) is 39.5. The highest BCUT2D eigenvalue weighted by Crippen LogP contribution is 2.58. The third-order valence-electron chi connectivity index (χ3n) is 14.7. The van der Waals surface area contributed by atoms with Crippen LogP contribution >= 0.6 is 23.1 Å². The normalized spacial score (nSPS) is 20.0. The van der Waals surface area contributed by atoms with Gasteiger partial charge in [-0.25, -0.2) is 4.98 Å². The van der Waals surface area contributed by atoms with E-state index in [2.05, 4.69) is 87.7 Å². The van der Waals surface area contributed by atoms with Crippen LogP contribution in [0.15, 0.2) is 65.3 Å². The van der Waals surface area contributed by atoms with Gasteiger partial charge in [-0.15, -0.1) is 0 Å². The number of piperazine rings is 1. The summed E-state index contributed by atoms with van der Waals surface area (Å²) in [6.45, 7) is 14.8. The fraction of sp³-hybridized carbons (Fsp3) is 0.451. The first-order valence-electron chi connectivity index (χ1n) is 24.0. The Bertz CT molecular complexity index is 2870. The smallest absolute Gasteiger partial charge is 0.255 e. The average molecular weight is 1000 g/mol. The van der Waals surface area contributed by atoms with E-state index in [9.17, 15) is 18.9 Å². The van der Waals surface area contributed by atoms with E-state index in [0.717, 1.165) is 117 Å². The first-order valence-corrected chi connectivity index (χ1v) is 27.4. The predicted molar refractivity (Wildman–Crippen MR) is 271 cm³/mol. The van der Waals surface area contributed by atoms with Crippen molar-refractivity contribution in [3.63, 3.8) is 0 Å². The van der Waals surface area contributed by atoms with Crippen LogP contribution < -0.4 is 30.9 Å². The fourth-order valence-electron chi connectivity index (χ4n) is 11.1. The summed E-state index contributed by atoms with van der Waals surface area (Å²) in [7, 11) is -1.04. The number of halogens is 1. The minimum atomic E-state index is -2.73. The molecular formula is C51H60BrN10O5P. The van der Waals surface area contributed by atoms with Crippen molar-refractivity contribution in [1.82, 2.24) is 35.0 Å². The van der Waals surface area contributed by atoms with Gasteiger partial charge in [0, 0.05) is 98.2 Å². The van der Waals surface area contributed by atoms with Crippen molar-refractivity contribution >= 4 is 85.8 Å². The summed E-state index contributed by atoms with van der Waals surface area (Å²) in [5.41, 5.74) is 8.20. The van der Waals surface area contributed by atoms with Gasteiger partial charge < -0.3 is 34.6 Å². The Morgan fingerprint density at radius 3 is 2.40 bits per heavy atom. The van der Waals surface area contributed by atoms with E-state index in [1.165, 1.54) is 16.8 Å². The number of piperidine rings is 2. The topological polar surface area (TPSA) is 165 Å². The minimum Gasteiger partial charge on any atom is -0.494 e. The van der Waals surface area contributed by atoms with Gasteiger partial charge in [0.2, 0.25) is 17.8 Å². The lowest BCUT2D eigenvalue weighted by molar-refractivity contribution is -0.137. The highest BCUT2D eigenvalue weighted by Gasteiger charge is 2.61. The number of carbonyl (C=O) groups is 3. The van der Waals surface area contributed by atoms with Gasteiger partial charge in [0.25, 0.3) is 5.91 Å². The summed E-state index contributed by atoms with van der Waals surface area (Å²) < 4.78 is 20.3. The van der Waals surface area contributed by atoms with E-state index in [1.807, 2.05) is 37.3 Å². The molecule has 3 aromatic carbocycles. The van der Waals surface area contributed by atoms with Gasteiger partial charge >= 0.3 is 0 Å². The number of ether oxygens (including phenoxy) is 1. The molecule has 2 aromatic heterocycles. The van der Waals surface area contributed by atoms with Crippen LogP contribution in [0.5, 0.6) is 5.75 Å². The Hall–Kier alpha value is -5.41. The first-order chi connectivity index (χ1) is 32.7. The molecule has 3 amide bonds. The summed E-state index contributed by atoms with van der Waals surface area (Å²) in [4.78, 5) is 61.9. The van der Waals surface area contributed by atoms with Crippen LogP contribution in [0.3, 0.4) is 0 Å². The number of amides is 3. The molecule has 3 N–H and O–H groups in total. The number of benzene rings is 3. The number of anilines is 5. The van der Waals surface area contributed by atoms with Crippen molar-refractivity contribution in [2.75, 3.05) is 81.8 Å². The largest absolute Gasteiger partial charge is 0.494 e. The number of aryl methyl sites for hydroxylation is 2. The van der Waals surface area contributed by atoms with Gasteiger partial charge in [0.15, 0.2) is 0 Å². The number of rotatable bonds is 13. The monoisotopic (exact) mass is 1000 g/mol. The lowest BCUT2D eigenvalue weighted by Gasteiger charge is -2.43. The molecule has 1 unspecified atom stereocenters. The molecule has 4 aliphatic heterocycles. The van der Waals surface area contributed by atoms with E-state index in [-0.39, 0.29) is 24.1 Å². The molecule has 1 saturated carbocycles. The molecule has 356 valence electrons. The maximum absolute atomic E-state index is 13.7. The summed E-state index contributed by atoms with van der Waals surface area (Å²) in [5, 5.41) is 10.9. The number of nitrogens with one attached hydrogen (secondary N) is 3. The van der Waals surface area contributed by atoms with Crippen LogP contribution in [0, 0.1) is 6.92 Å². The molecule has 4 fully saturated rings. The van der Waals surface area contributed by atoms with E-state index in [4.69, 9.17) is 9.72 Å². The van der Waals surface area contributed by atoms with Crippen LogP contribution in [0.2, 0.25) is 0 Å². The summed E-state index contributed by atoms with van der Waals surface area (Å²) in [6.07, 6.45) is 8.02. The van der Waals surface area contributed by atoms with Crippen molar-refractivity contribution in [3.05, 3.63) is 93.2 Å². The van der Waals surface area contributed by atoms with Crippen LogP contribution in [-0.2, 0) is 32.5 Å². The van der Waals surface area contributed by atoms with Gasteiger partial charge in [-0.05, 0) is 128 Å². The van der Waals surface area contributed by atoms with Crippen molar-refractivity contribution in [1.29, 1.82) is 0 Å². The van der Waals surface area contributed by atoms with Gasteiger partial charge in [-0.1, -0.05) is 25.1 Å². The zero-order valence-corrected chi connectivity index (χ0v) is 42.0. The van der Waals surface area contributed by atoms with Crippen LogP contribution in [0.4, 0.5) is 28.8 Å². The van der Waals surface area contributed by atoms with Gasteiger partial charge in [-0.2, -0.15) is 4.98 Å². The van der Waals surface area contributed by atoms with E-state index in [0.29, 0.717) is 45.7 Å². The van der Waals surface area contributed by atoms with Crippen molar-refractivity contribution < 1.29 is 23.7 Å². The van der Waals surface area contributed by atoms with E-state index < -0.39 is 18.7 Å². The van der Waals surface area contributed by atoms with Crippen LogP contribution in [-0.4, -0.2) is 126 Å². The number of imide groups is 1. The van der Waals surface area contributed by atoms with Gasteiger partial charge in [-0.3, -0.25) is 29.6 Å². The van der Waals surface area contributed by atoms with Gasteiger partial charge in [0.1, 0.15) is 24.8 Å². The quantitative estimate of drug-likeness (QED) is 0.0787. The highest BCUT2D eigenvalue weighted by molar-refractivity contribution is 9.10. The summed E-state index contributed by atoms with van der Waals surface area (Å²) in [6, 6.07) is 18.3. The Morgan fingerprint density at radius 2 is 1.69 bits per heavy atom. The average Bonchev–Trinajstić information content (AvgIpc) is 4.09. The SMILES string of the molecule is CCc1cc(Nc2ncc(Br)c(Nc3ccc4nc(C)ccc4c3P(C)(C)=O)n2)c(OC)cc1N1CCC(N2CCN(CCc3ccc4c(c3)C3(CC3)N(C3CCC(=O)NC3=O)C4=O)CC2)CC1. The Labute approximate surface area is 406 Å².